The fourth-order valence-electron chi connectivity index (χ4n) is 1.72. The Hall–Kier alpha value is -2.12. The average Bonchev–Trinajstić information content (AvgIpc) is 2.52. The summed E-state index contributed by atoms with van der Waals surface area (Å²) in [4.78, 5) is 29.6. The van der Waals surface area contributed by atoms with Crippen molar-refractivity contribution in [1.82, 2.24) is 0 Å². The van der Waals surface area contributed by atoms with E-state index >= 15 is 0 Å². The van der Waals surface area contributed by atoms with Crippen LogP contribution < -0.4 is 4.89 Å². The molecule has 0 amide bonds. The highest BCUT2D eigenvalue weighted by atomic mass is 17.2. The number of hydrogen-bond donors (Lipinski definition) is 3. The zero-order chi connectivity index (χ0) is 17.5. The second kappa shape index (κ2) is 13.5. The van der Waals surface area contributed by atoms with Crippen LogP contribution in [0.15, 0.2) is 24.3 Å². The molecule has 0 unspecified atom stereocenters. The summed E-state index contributed by atoms with van der Waals surface area (Å²) in [5.41, 5.74) is 0.0827. The third-order valence-electron chi connectivity index (χ3n) is 2.84. The maximum atomic E-state index is 10.6. The number of carboxylic acids is 2. The molecule has 130 valence electrons. The molecule has 3 N–H and O–H groups in total. The third-order valence-corrected chi connectivity index (χ3v) is 2.84. The lowest BCUT2D eigenvalue weighted by Crippen LogP contribution is -2.01. The number of carbonyl (C=O) groups is 2. The molecule has 0 bridgehead atoms. The van der Waals surface area contributed by atoms with Crippen molar-refractivity contribution in [3.05, 3.63) is 29.8 Å². The molecule has 0 heterocycles. The van der Waals surface area contributed by atoms with E-state index in [-0.39, 0.29) is 24.3 Å². The number of hydrogen-bond acceptors (Lipinski definition) is 5. The van der Waals surface area contributed by atoms with E-state index in [1.54, 1.807) is 12.1 Å². The van der Waals surface area contributed by atoms with Gasteiger partial charge in [0.05, 0.1) is 7.11 Å². The van der Waals surface area contributed by atoms with Gasteiger partial charge in [0, 0.05) is 13.0 Å². The van der Waals surface area contributed by atoms with Crippen LogP contribution in [-0.2, 0) is 9.68 Å². The molecule has 7 heteroatoms. The molecular formula is C16H24O7. The first kappa shape index (κ1) is 20.9. The molecule has 0 atom stereocenters. The lowest BCUT2D eigenvalue weighted by Gasteiger charge is -2.03. The molecule has 0 aliphatic rings. The van der Waals surface area contributed by atoms with Crippen molar-refractivity contribution in [1.29, 1.82) is 0 Å². The molecule has 1 aromatic rings. The van der Waals surface area contributed by atoms with Gasteiger partial charge in [-0.1, -0.05) is 31.4 Å². The van der Waals surface area contributed by atoms with Crippen LogP contribution in [0.25, 0.3) is 0 Å². The van der Waals surface area contributed by atoms with Gasteiger partial charge in [-0.25, -0.2) is 4.79 Å². The van der Waals surface area contributed by atoms with Crippen molar-refractivity contribution in [3.63, 3.8) is 0 Å². The van der Waals surface area contributed by atoms with Crippen molar-refractivity contribution in [2.45, 2.75) is 38.5 Å². The Bertz CT molecular complexity index is 459. The first-order chi connectivity index (χ1) is 11.0. The number of aromatic carboxylic acids is 1. The van der Waals surface area contributed by atoms with Crippen molar-refractivity contribution in [2.75, 3.05) is 13.7 Å². The molecule has 0 saturated carbocycles. The summed E-state index contributed by atoms with van der Waals surface area (Å²) in [6, 6.07) is 6.25. The van der Waals surface area contributed by atoms with Crippen LogP contribution >= 0.6 is 0 Å². The minimum Gasteiger partial charge on any atom is -0.481 e. The van der Waals surface area contributed by atoms with Crippen LogP contribution in [0, 0.1) is 0 Å². The predicted octanol–water partition coefficient (Wildman–Crippen LogP) is 2.73. The largest absolute Gasteiger partial charge is 0.481 e. The molecule has 0 spiro atoms. The van der Waals surface area contributed by atoms with Gasteiger partial charge in [-0.3, -0.25) is 4.79 Å². The van der Waals surface area contributed by atoms with Gasteiger partial charge in [-0.2, -0.15) is 4.89 Å². The minimum atomic E-state index is -1.04. The summed E-state index contributed by atoms with van der Waals surface area (Å²) in [6.07, 6.45) is 4.89. The van der Waals surface area contributed by atoms with Crippen molar-refractivity contribution in [3.8, 4) is 5.75 Å². The molecular weight excluding hydrogens is 304 g/mol. The Morgan fingerprint density at radius 3 is 2.17 bits per heavy atom. The van der Waals surface area contributed by atoms with E-state index in [1.165, 1.54) is 19.2 Å². The van der Waals surface area contributed by atoms with Crippen LogP contribution in [0.1, 0.15) is 48.9 Å². The highest BCUT2D eigenvalue weighted by Gasteiger charge is 2.09. The van der Waals surface area contributed by atoms with Gasteiger partial charge >= 0.3 is 11.9 Å². The summed E-state index contributed by atoms with van der Waals surface area (Å²) >= 11 is 0. The molecule has 0 radical (unpaired) electrons. The van der Waals surface area contributed by atoms with E-state index in [9.17, 15) is 9.59 Å². The second-order valence-corrected chi connectivity index (χ2v) is 4.69. The van der Waals surface area contributed by atoms with Crippen LogP contribution in [0.3, 0.4) is 0 Å². The minimum absolute atomic E-state index is 0.0827. The average molecular weight is 328 g/mol. The molecule has 0 aliphatic carbocycles. The monoisotopic (exact) mass is 328 g/mol. The predicted molar refractivity (Wildman–Crippen MR) is 83.5 cm³/mol. The summed E-state index contributed by atoms with van der Waals surface area (Å²) in [7, 11) is 1.32. The number of unbranched alkanes of at least 4 members (excludes halogenated alkanes) is 4. The lowest BCUT2D eigenvalue weighted by atomic mass is 10.1. The number of aliphatic carboxylic acids is 1. The quantitative estimate of drug-likeness (QED) is 0.344. The fourth-order valence-corrected chi connectivity index (χ4v) is 1.72. The van der Waals surface area contributed by atoms with E-state index in [0.29, 0.717) is 0 Å². The number of aliphatic hydroxyl groups excluding tert-OH is 1. The Kier molecular flexibility index (Phi) is 12.3. The van der Waals surface area contributed by atoms with Crippen LogP contribution in [0.2, 0.25) is 0 Å². The first-order valence-corrected chi connectivity index (χ1v) is 7.38. The summed E-state index contributed by atoms with van der Waals surface area (Å²) in [6.45, 7) is 0.249. The zero-order valence-electron chi connectivity index (χ0n) is 13.2. The molecule has 0 saturated heterocycles. The van der Waals surface area contributed by atoms with Crippen molar-refractivity contribution >= 4 is 11.9 Å². The molecule has 1 aromatic carbocycles. The number of benzene rings is 1. The number of aliphatic hydroxyl groups is 1. The van der Waals surface area contributed by atoms with E-state index in [2.05, 4.69) is 9.78 Å². The van der Waals surface area contributed by atoms with Crippen LogP contribution in [0.5, 0.6) is 5.75 Å². The first-order valence-electron chi connectivity index (χ1n) is 7.38. The summed E-state index contributed by atoms with van der Waals surface area (Å²) in [5, 5.41) is 25.3. The fraction of sp³-hybridized carbons (Fsp3) is 0.500. The van der Waals surface area contributed by atoms with Gasteiger partial charge < -0.3 is 20.2 Å². The maximum absolute atomic E-state index is 10.6. The van der Waals surface area contributed by atoms with E-state index in [1.807, 2.05) is 0 Å². The molecule has 0 aromatic heterocycles. The van der Waals surface area contributed by atoms with Gasteiger partial charge in [0.15, 0.2) is 5.75 Å². The normalized spacial score (nSPS) is 9.65. The molecule has 0 aliphatic heterocycles. The Morgan fingerprint density at radius 1 is 1.00 bits per heavy atom. The molecule has 1 rings (SSSR count). The van der Waals surface area contributed by atoms with Crippen molar-refractivity contribution < 1.29 is 34.7 Å². The van der Waals surface area contributed by atoms with Crippen LogP contribution in [0.4, 0.5) is 0 Å². The Balaban J connectivity index is 0.000000423. The van der Waals surface area contributed by atoms with Gasteiger partial charge in [0.25, 0.3) is 0 Å². The summed E-state index contributed by atoms with van der Waals surface area (Å²) in [5.74, 6) is -1.55. The molecule has 0 fully saturated rings. The van der Waals surface area contributed by atoms with E-state index in [4.69, 9.17) is 15.3 Å². The maximum Gasteiger partial charge on any atom is 0.339 e. The molecule has 23 heavy (non-hydrogen) atoms. The number of rotatable bonds is 10. The number of carboxylic acid groups (broad SMARTS) is 2. The van der Waals surface area contributed by atoms with Gasteiger partial charge in [0.1, 0.15) is 5.56 Å². The topological polar surface area (TPSA) is 113 Å². The Labute approximate surface area is 135 Å². The summed E-state index contributed by atoms with van der Waals surface area (Å²) < 4.78 is 0. The highest BCUT2D eigenvalue weighted by molar-refractivity contribution is 5.90. The standard InChI is InChI=1S/C8H8O4.C8H16O3/c1-11-12-7-5-3-2-4-6(7)8(9)10;9-7-5-3-1-2-4-6-8(10)11/h2-5H,1H3,(H,9,10);9H,1-7H2,(H,10,11). The van der Waals surface area contributed by atoms with Crippen molar-refractivity contribution in [2.24, 2.45) is 0 Å². The third kappa shape index (κ3) is 11.1. The van der Waals surface area contributed by atoms with Gasteiger partial charge in [-0.15, -0.1) is 0 Å². The van der Waals surface area contributed by atoms with E-state index < -0.39 is 11.9 Å². The second-order valence-electron chi connectivity index (χ2n) is 4.69. The SMILES string of the molecule is COOc1ccccc1C(=O)O.O=C(O)CCCCCCCO. The lowest BCUT2D eigenvalue weighted by molar-refractivity contribution is -0.178. The van der Waals surface area contributed by atoms with Gasteiger partial charge in [0.2, 0.25) is 0 Å². The van der Waals surface area contributed by atoms with Crippen LogP contribution in [-0.4, -0.2) is 41.0 Å². The molecule has 7 nitrogen and oxygen atoms in total. The Morgan fingerprint density at radius 2 is 1.61 bits per heavy atom. The smallest absolute Gasteiger partial charge is 0.339 e. The highest BCUT2D eigenvalue weighted by Crippen LogP contribution is 2.17. The van der Waals surface area contributed by atoms with Gasteiger partial charge in [-0.05, 0) is 25.0 Å². The number of para-hydroxylation sites is 1. The zero-order valence-corrected chi connectivity index (χ0v) is 13.2. The van der Waals surface area contributed by atoms with E-state index in [0.717, 1.165) is 32.1 Å².